The lowest BCUT2D eigenvalue weighted by atomic mass is 9.85. The Labute approximate surface area is 150 Å². The standard InChI is InChI=1S/C20H29NO4/c1-6-25-19(24)16(13-15-10-8-7-9-11-15)21-18(23)14(2)12-17(22)20(3,4)5/h7-11,14,16H,6,12-13H2,1-5H3,(H,21,23)/t14-,16+/m1/s1. The van der Waals surface area contributed by atoms with Gasteiger partial charge in [-0.2, -0.15) is 0 Å². The van der Waals surface area contributed by atoms with Gasteiger partial charge in [0.1, 0.15) is 11.8 Å². The van der Waals surface area contributed by atoms with Gasteiger partial charge in [-0.3, -0.25) is 9.59 Å². The van der Waals surface area contributed by atoms with Crippen molar-refractivity contribution in [1.82, 2.24) is 5.32 Å². The van der Waals surface area contributed by atoms with E-state index in [1.807, 2.05) is 51.1 Å². The van der Waals surface area contributed by atoms with E-state index >= 15 is 0 Å². The first-order valence-corrected chi connectivity index (χ1v) is 8.69. The second kappa shape index (κ2) is 9.35. The van der Waals surface area contributed by atoms with Gasteiger partial charge in [0, 0.05) is 24.2 Å². The molecule has 1 N–H and O–H groups in total. The van der Waals surface area contributed by atoms with Crippen LogP contribution < -0.4 is 5.32 Å². The Balaban J connectivity index is 2.77. The highest BCUT2D eigenvalue weighted by atomic mass is 16.5. The lowest BCUT2D eigenvalue weighted by Gasteiger charge is -2.22. The van der Waals surface area contributed by atoms with Crippen LogP contribution in [-0.2, 0) is 25.5 Å². The summed E-state index contributed by atoms with van der Waals surface area (Å²) in [6, 6.07) is 8.67. The van der Waals surface area contributed by atoms with Crippen LogP contribution in [0.4, 0.5) is 0 Å². The highest BCUT2D eigenvalue weighted by Crippen LogP contribution is 2.20. The van der Waals surface area contributed by atoms with Crippen LogP contribution in [0.25, 0.3) is 0 Å². The van der Waals surface area contributed by atoms with Crippen LogP contribution in [-0.4, -0.2) is 30.3 Å². The lowest BCUT2D eigenvalue weighted by Crippen LogP contribution is -2.46. The van der Waals surface area contributed by atoms with Crippen LogP contribution in [0.2, 0.25) is 0 Å². The molecule has 1 amide bonds. The number of amides is 1. The van der Waals surface area contributed by atoms with E-state index in [9.17, 15) is 14.4 Å². The van der Waals surface area contributed by atoms with Crippen molar-refractivity contribution in [3.8, 4) is 0 Å². The summed E-state index contributed by atoms with van der Waals surface area (Å²) in [6.07, 6.45) is 0.502. The van der Waals surface area contributed by atoms with Crippen molar-refractivity contribution >= 4 is 17.7 Å². The number of hydrogen-bond acceptors (Lipinski definition) is 4. The maximum atomic E-state index is 12.4. The van der Waals surface area contributed by atoms with E-state index in [1.54, 1.807) is 13.8 Å². The fraction of sp³-hybridized carbons (Fsp3) is 0.550. The first-order chi connectivity index (χ1) is 11.6. The summed E-state index contributed by atoms with van der Waals surface area (Å²) in [6.45, 7) is 9.16. The first-order valence-electron chi connectivity index (χ1n) is 8.69. The molecule has 0 unspecified atom stereocenters. The quantitative estimate of drug-likeness (QED) is 0.734. The minimum Gasteiger partial charge on any atom is -0.464 e. The average Bonchev–Trinajstić information content (AvgIpc) is 2.54. The fourth-order valence-corrected chi connectivity index (χ4v) is 2.28. The summed E-state index contributed by atoms with van der Waals surface area (Å²) >= 11 is 0. The van der Waals surface area contributed by atoms with Crippen molar-refractivity contribution in [3.63, 3.8) is 0 Å². The Morgan fingerprint density at radius 1 is 1.12 bits per heavy atom. The summed E-state index contributed by atoms with van der Waals surface area (Å²) in [5.41, 5.74) is 0.443. The summed E-state index contributed by atoms with van der Waals surface area (Å²) in [5, 5.41) is 2.74. The molecule has 0 saturated heterocycles. The molecule has 0 saturated carbocycles. The highest BCUT2D eigenvalue weighted by Gasteiger charge is 2.29. The Bertz CT molecular complexity index is 589. The second-order valence-electron chi connectivity index (χ2n) is 7.28. The smallest absolute Gasteiger partial charge is 0.328 e. The fourth-order valence-electron chi connectivity index (χ4n) is 2.28. The number of carbonyl (C=O) groups excluding carboxylic acids is 3. The molecule has 25 heavy (non-hydrogen) atoms. The normalized spacial score (nSPS) is 13.6. The maximum absolute atomic E-state index is 12.4. The third-order valence-electron chi connectivity index (χ3n) is 3.95. The van der Waals surface area contributed by atoms with Crippen LogP contribution in [0.3, 0.4) is 0 Å². The minimum atomic E-state index is -0.762. The summed E-state index contributed by atoms with van der Waals surface area (Å²) < 4.78 is 5.07. The number of ketones is 1. The number of ether oxygens (including phenoxy) is 1. The highest BCUT2D eigenvalue weighted by molar-refractivity contribution is 5.91. The zero-order valence-electron chi connectivity index (χ0n) is 15.8. The van der Waals surface area contributed by atoms with Crippen LogP contribution in [0, 0.1) is 11.3 Å². The van der Waals surface area contributed by atoms with Crippen LogP contribution in [0.15, 0.2) is 30.3 Å². The molecule has 0 aliphatic rings. The Morgan fingerprint density at radius 3 is 2.24 bits per heavy atom. The molecular formula is C20H29NO4. The number of esters is 1. The molecule has 0 aliphatic carbocycles. The average molecular weight is 347 g/mol. The number of Topliss-reactive ketones (excluding diaryl/α,β-unsaturated/α-hetero) is 1. The number of benzene rings is 1. The van der Waals surface area contributed by atoms with Gasteiger partial charge in [0.15, 0.2) is 0 Å². The largest absolute Gasteiger partial charge is 0.464 e. The van der Waals surface area contributed by atoms with Crippen LogP contribution in [0.5, 0.6) is 0 Å². The molecule has 2 atom stereocenters. The molecule has 0 spiro atoms. The number of hydrogen-bond donors (Lipinski definition) is 1. The molecular weight excluding hydrogens is 318 g/mol. The van der Waals surface area contributed by atoms with Crippen LogP contribution in [0.1, 0.15) is 46.6 Å². The van der Waals surface area contributed by atoms with E-state index in [0.29, 0.717) is 6.42 Å². The summed E-state index contributed by atoms with van der Waals surface area (Å²) in [4.78, 5) is 36.7. The third kappa shape index (κ3) is 7.08. The van der Waals surface area contributed by atoms with Gasteiger partial charge in [-0.1, -0.05) is 58.0 Å². The minimum absolute atomic E-state index is 0.0193. The van der Waals surface area contributed by atoms with Crippen LogP contribution >= 0.6 is 0 Å². The van der Waals surface area contributed by atoms with E-state index in [1.165, 1.54) is 0 Å². The van der Waals surface area contributed by atoms with Crippen molar-refractivity contribution in [2.75, 3.05) is 6.61 Å². The Morgan fingerprint density at radius 2 is 1.72 bits per heavy atom. The van der Waals surface area contributed by atoms with Crippen molar-refractivity contribution in [2.24, 2.45) is 11.3 Å². The predicted molar refractivity (Wildman–Crippen MR) is 97.0 cm³/mol. The SMILES string of the molecule is CCOC(=O)[C@H](Cc1ccccc1)NC(=O)[C@H](C)CC(=O)C(C)(C)C. The van der Waals surface area contributed by atoms with Gasteiger partial charge in [-0.25, -0.2) is 4.79 Å². The molecule has 5 heteroatoms. The van der Waals surface area contributed by atoms with Gasteiger partial charge in [-0.05, 0) is 12.5 Å². The van der Waals surface area contributed by atoms with E-state index in [0.717, 1.165) is 5.56 Å². The van der Waals surface area contributed by atoms with Crippen molar-refractivity contribution < 1.29 is 19.1 Å². The van der Waals surface area contributed by atoms with Gasteiger partial charge < -0.3 is 10.1 Å². The van der Waals surface area contributed by atoms with Gasteiger partial charge in [-0.15, -0.1) is 0 Å². The van der Waals surface area contributed by atoms with E-state index < -0.39 is 23.3 Å². The molecule has 0 bridgehead atoms. The third-order valence-corrected chi connectivity index (χ3v) is 3.95. The molecule has 0 aliphatic heterocycles. The monoisotopic (exact) mass is 347 g/mol. The van der Waals surface area contributed by atoms with Crippen molar-refractivity contribution in [2.45, 2.75) is 53.5 Å². The summed E-state index contributed by atoms with van der Waals surface area (Å²) in [7, 11) is 0. The molecule has 1 aromatic carbocycles. The second-order valence-corrected chi connectivity index (χ2v) is 7.28. The molecule has 0 radical (unpaired) electrons. The molecule has 5 nitrogen and oxygen atoms in total. The predicted octanol–water partition coefficient (Wildman–Crippen LogP) is 2.92. The molecule has 1 aromatic rings. The van der Waals surface area contributed by atoms with Gasteiger partial charge in [0.05, 0.1) is 6.61 Å². The number of rotatable bonds is 8. The van der Waals surface area contributed by atoms with Gasteiger partial charge >= 0.3 is 5.97 Å². The lowest BCUT2D eigenvalue weighted by molar-refractivity contribution is -0.147. The topological polar surface area (TPSA) is 72.5 Å². The zero-order chi connectivity index (χ0) is 19.0. The Hall–Kier alpha value is -2.17. The molecule has 138 valence electrons. The molecule has 0 fully saturated rings. The van der Waals surface area contributed by atoms with E-state index in [-0.39, 0.29) is 24.7 Å². The van der Waals surface area contributed by atoms with E-state index in [4.69, 9.17) is 4.74 Å². The first kappa shape index (κ1) is 20.9. The zero-order valence-corrected chi connectivity index (χ0v) is 15.8. The molecule has 0 heterocycles. The molecule has 1 rings (SSSR count). The van der Waals surface area contributed by atoms with Gasteiger partial charge in [0.25, 0.3) is 0 Å². The van der Waals surface area contributed by atoms with Gasteiger partial charge in [0.2, 0.25) is 5.91 Å². The van der Waals surface area contributed by atoms with Crippen molar-refractivity contribution in [1.29, 1.82) is 0 Å². The summed E-state index contributed by atoms with van der Waals surface area (Å²) in [5.74, 6) is -1.26. The number of carbonyl (C=O) groups is 3. The number of nitrogens with one attached hydrogen (secondary N) is 1. The molecule has 0 aromatic heterocycles. The van der Waals surface area contributed by atoms with E-state index in [2.05, 4.69) is 5.32 Å². The Kier molecular flexibility index (Phi) is 7.81. The maximum Gasteiger partial charge on any atom is 0.328 e. The van der Waals surface area contributed by atoms with Crippen molar-refractivity contribution in [3.05, 3.63) is 35.9 Å².